The maximum absolute atomic E-state index is 12.7. The van der Waals surface area contributed by atoms with Crippen molar-refractivity contribution in [3.8, 4) is 5.75 Å². The van der Waals surface area contributed by atoms with Gasteiger partial charge in [0.05, 0.1) is 18.7 Å². The van der Waals surface area contributed by atoms with Crippen molar-refractivity contribution in [1.29, 1.82) is 0 Å². The van der Waals surface area contributed by atoms with Crippen LogP contribution in [0.3, 0.4) is 0 Å². The Morgan fingerprint density at radius 3 is 2.59 bits per heavy atom. The average Bonchev–Trinajstić information content (AvgIpc) is 2.50. The number of hydrogen-bond acceptors (Lipinski definition) is 3. The average molecular weight is 303 g/mol. The quantitative estimate of drug-likeness (QED) is 0.740. The molecule has 2 rings (SSSR count). The van der Waals surface area contributed by atoms with Gasteiger partial charge in [-0.2, -0.15) is 0 Å². The van der Waals surface area contributed by atoms with Crippen molar-refractivity contribution in [3.05, 3.63) is 29.3 Å². The summed E-state index contributed by atoms with van der Waals surface area (Å²) in [6.45, 7) is 11.7. The first-order valence-electron chi connectivity index (χ1n) is 8.53. The van der Waals surface area contributed by atoms with Crippen LogP contribution in [0, 0.1) is 5.92 Å². The number of piperidine rings is 1. The highest BCUT2D eigenvalue weighted by atomic mass is 16.5. The molecule has 1 heterocycles. The fraction of sp³-hybridized carbons (Fsp3) is 0.632. The lowest BCUT2D eigenvalue weighted by Gasteiger charge is -2.29. The van der Waals surface area contributed by atoms with Crippen LogP contribution in [0.25, 0.3) is 0 Å². The first-order valence-corrected chi connectivity index (χ1v) is 8.53. The third-order valence-electron chi connectivity index (χ3n) is 4.51. The zero-order valence-electron chi connectivity index (χ0n) is 14.4. The van der Waals surface area contributed by atoms with Crippen LogP contribution in [-0.4, -0.2) is 36.9 Å². The Hall–Kier alpha value is -1.35. The molecule has 1 aliphatic rings. The van der Waals surface area contributed by atoms with Crippen molar-refractivity contribution in [2.75, 3.05) is 26.2 Å². The van der Waals surface area contributed by atoms with Crippen LogP contribution in [0.4, 0.5) is 0 Å². The van der Waals surface area contributed by atoms with E-state index in [1.165, 1.54) is 18.4 Å². The summed E-state index contributed by atoms with van der Waals surface area (Å²) in [5, 5.41) is 0. The molecular weight excluding hydrogens is 274 g/mol. The normalized spacial score (nSPS) is 17.0. The Kier molecular flexibility index (Phi) is 6.01. The smallest absolute Gasteiger partial charge is 0.180 e. The van der Waals surface area contributed by atoms with Gasteiger partial charge in [0, 0.05) is 0 Å². The second-order valence-electron chi connectivity index (χ2n) is 6.73. The predicted octanol–water partition coefficient (Wildman–Crippen LogP) is 4.12. The van der Waals surface area contributed by atoms with E-state index >= 15 is 0 Å². The molecule has 1 aliphatic heterocycles. The van der Waals surface area contributed by atoms with Gasteiger partial charge in [-0.15, -0.1) is 0 Å². The molecule has 3 nitrogen and oxygen atoms in total. The summed E-state index contributed by atoms with van der Waals surface area (Å²) in [5.74, 6) is 2.11. The maximum Gasteiger partial charge on any atom is 0.180 e. The molecule has 0 atom stereocenters. The first-order chi connectivity index (χ1) is 10.5. The molecule has 0 N–H and O–H groups in total. The molecule has 0 amide bonds. The molecule has 0 aliphatic carbocycles. The van der Waals surface area contributed by atoms with Crippen molar-refractivity contribution in [2.45, 2.75) is 46.5 Å². The predicted molar refractivity (Wildman–Crippen MR) is 90.9 cm³/mol. The monoisotopic (exact) mass is 303 g/mol. The number of carbonyl (C=O) groups excluding carboxylic acids is 1. The molecule has 0 saturated carbocycles. The Morgan fingerprint density at radius 1 is 1.32 bits per heavy atom. The minimum atomic E-state index is 0.181. The van der Waals surface area contributed by atoms with E-state index in [9.17, 15) is 4.79 Å². The van der Waals surface area contributed by atoms with Crippen LogP contribution in [-0.2, 0) is 0 Å². The van der Waals surface area contributed by atoms with Crippen molar-refractivity contribution < 1.29 is 9.53 Å². The third kappa shape index (κ3) is 4.33. The van der Waals surface area contributed by atoms with E-state index in [0.717, 1.165) is 30.3 Å². The number of hydrogen-bond donors (Lipinski definition) is 0. The standard InChI is InChI=1S/C19H29NO2/c1-5-22-19-7-6-16(14(2)3)12-17(19)18(21)13-20-10-8-15(4)9-11-20/h6-7,12,14-15H,5,8-11,13H2,1-4H3. The summed E-state index contributed by atoms with van der Waals surface area (Å²) in [6, 6.07) is 6.03. The van der Waals surface area contributed by atoms with Crippen LogP contribution in [0.5, 0.6) is 5.75 Å². The SMILES string of the molecule is CCOc1ccc(C(C)C)cc1C(=O)CN1CCC(C)CC1. The molecule has 1 fully saturated rings. The van der Waals surface area contributed by atoms with Gasteiger partial charge < -0.3 is 4.74 Å². The van der Waals surface area contributed by atoms with Gasteiger partial charge >= 0.3 is 0 Å². The van der Waals surface area contributed by atoms with E-state index in [-0.39, 0.29) is 5.78 Å². The number of nitrogens with zero attached hydrogens (tertiary/aromatic N) is 1. The van der Waals surface area contributed by atoms with Gasteiger partial charge in [-0.1, -0.05) is 26.8 Å². The minimum absolute atomic E-state index is 0.181. The maximum atomic E-state index is 12.7. The Morgan fingerprint density at radius 2 is 2.00 bits per heavy atom. The minimum Gasteiger partial charge on any atom is -0.493 e. The highest BCUT2D eigenvalue weighted by Crippen LogP contribution is 2.26. The van der Waals surface area contributed by atoms with Crippen LogP contribution in [0.15, 0.2) is 18.2 Å². The van der Waals surface area contributed by atoms with E-state index in [0.29, 0.717) is 19.1 Å². The zero-order valence-corrected chi connectivity index (χ0v) is 14.4. The molecule has 122 valence electrons. The van der Waals surface area contributed by atoms with Crippen LogP contribution < -0.4 is 4.74 Å². The lowest BCUT2D eigenvalue weighted by atomic mass is 9.96. The molecule has 1 saturated heterocycles. The van der Waals surface area contributed by atoms with Crippen LogP contribution >= 0.6 is 0 Å². The summed E-state index contributed by atoms with van der Waals surface area (Å²) < 4.78 is 5.66. The summed E-state index contributed by atoms with van der Waals surface area (Å²) in [7, 11) is 0. The van der Waals surface area contributed by atoms with Gasteiger partial charge in [-0.25, -0.2) is 0 Å². The molecule has 22 heavy (non-hydrogen) atoms. The van der Waals surface area contributed by atoms with Crippen molar-refractivity contribution in [2.24, 2.45) is 5.92 Å². The van der Waals surface area contributed by atoms with E-state index < -0.39 is 0 Å². The highest BCUT2D eigenvalue weighted by molar-refractivity contribution is 6.00. The summed E-state index contributed by atoms with van der Waals surface area (Å²) in [5.41, 5.74) is 1.94. The summed E-state index contributed by atoms with van der Waals surface area (Å²) in [6.07, 6.45) is 2.38. The van der Waals surface area contributed by atoms with E-state index in [4.69, 9.17) is 4.74 Å². The third-order valence-corrected chi connectivity index (χ3v) is 4.51. The van der Waals surface area contributed by atoms with Gasteiger partial charge in [0.25, 0.3) is 0 Å². The molecule has 0 radical (unpaired) electrons. The topological polar surface area (TPSA) is 29.5 Å². The molecular formula is C19H29NO2. The lowest BCUT2D eigenvalue weighted by molar-refractivity contribution is 0.0896. The molecule has 1 aromatic rings. The molecule has 0 bridgehead atoms. The number of ketones is 1. The Balaban J connectivity index is 2.14. The van der Waals surface area contributed by atoms with Gasteiger partial charge in [-0.3, -0.25) is 9.69 Å². The second-order valence-corrected chi connectivity index (χ2v) is 6.73. The number of ether oxygens (including phenoxy) is 1. The largest absolute Gasteiger partial charge is 0.493 e. The number of Topliss-reactive ketones (excluding diaryl/α,β-unsaturated/α-hetero) is 1. The number of benzene rings is 1. The first kappa shape index (κ1) is 17.0. The summed E-state index contributed by atoms with van der Waals surface area (Å²) >= 11 is 0. The van der Waals surface area contributed by atoms with Crippen molar-refractivity contribution >= 4 is 5.78 Å². The Labute approximate surface area is 134 Å². The fourth-order valence-electron chi connectivity index (χ4n) is 2.91. The van der Waals surface area contributed by atoms with Gasteiger partial charge in [0.15, 0.2) is 5.78 Å². The second kappa shape index (κ2) is 7.77. The zero-order chi connectivity index (χ0) is 16.1. The van der Waals surface area contributed by atoms with Crippen LogP contribution in [0.1, 0.15) is 62.4 Å². The van der Waals surface area contributed by atoms with Crippen molar-refractivity contribution in [3.63, 3.8) is 0 Å². The van der Waals surface area contributed by atoms with Crippen molar-refractivity contribution in [1.82, 2.24) is 4.90 Å². The van der Waals surface area contributed by atoms with Gasteiger partial charge in [0.2, 0.25) is 0 Å². The molecule has 1 aromatic carbocycles. The van der Waals surface area contributed by atoms with Gasteiger partial charge in [0.1, 0.15) is 5.75 Å². The highest BCUT2D eigenvalue weighted by Gasteiger charge is 2.21. The van der Waals surface area contributed by atoms with E-state index in [2.05, 4.69) is 31.7 Å². The summed E-state index contributed by atoms with van der Waals surface area (Å²) in [4.78, 5) is 15.0. The van der Waals surface area contributed by atoms with E-state index in [1.54, 1.807) is 0 Å². The number of likely N-dealkylation sites (tertiary alicyclic amines) is 1. The lowest BCUT2D eigenvalue weighted by Crippen LogP contribution is -2.36. The molecule has 0 spiro atoms. The number of rotatable bonds is 6. The molecule has 0 unspecified atom stereocenters. The van der Waals surface area contributed by atoms with Gasteiger partial charge in [-0.05, 0) is 62.4 Å². The fourth-order valence-corrected chi connectivity index (χ4v) is 2.91. The van der Waals surface area contributed by atoms with Crippen LogP contribution in [0.2, 0.25) is 0 Å². The molecule has 0 aromatic heterocycles. The van der Waals surface area contributed by atoms with E-state index in [1.807, 2.05) is 19.1 Å². The Bertz CT molecular complexity index is 502. The number of carbonyl (C=O) groups is 1. The molecule has 3 heteroatoms.